The van der Waals surface area contributed by atoms with Crippen LogP contribution in [0, 0.1) is 5.82 Å². The largest absolute Gasteiger partial charge is 0.364 e. The first-order chi connectivity index (χ1) is 8.69. The SMILES string of the molecule is NCc1ccc(CNc2ncc(Cl)cc2F)cc1. The van der Waals surface area contributed by atoms with Gasteiger partial charge >= 0.3 is 0 Å². The first-order valence-electron chi connectivity index (χ1n) is 5.52. The van der Waals surface area contributed by atoms with E-state index in [9.17, 15) is 4.39 Å². The third-order valence-corrected chi connectivity index (χ3v) is 2.73. The minimum Gasteiger partial charge on any atom is -0.364 e. The van der Waals surface area contributed by atoms with Gasteiger partial charge in [0.05, 0.1) is 5.02 Å². The maximum Gasteiger partial charge on any atom is 0.166 e. The van der Waals surface area contributed by atoms with Crippen LogP contribution >= 0.6 is 11.6 Å². The van der Waals surface area contributed by atoms with Crippen LogP contribution in [0.2, 0.25) is 5.02 Å². The topological polar surface area (TPSA) is 50.9 Å². The van der Waals surface area contributed by atoms with Crippen LogP contribution < -0.4 is 11.1 Å². The monoisotopic (exact) mass is 265 g/mol. The highest BCUT2D eigenvalue weighted by Crippen LogP contribution is 2.16. The molecule has 0 atom stereocenters. The molecule has 1 aromatic carbocycles. The van der Waals surface area contributed by atoms with E-state index in [1.807, 2.05) is 24.3 Å². The van der Waals surface area contributed by atoms with Crippen LogP contribution in [-0.2, 0) is 13.1 Å². The molecule has 18 heavy (non-hydrogen) atoms. The highest BCUT2D eigenvalue weighted by atomic mass is 35.5. The molecule has 0 spiro atoms. The van der Waals surface area contributed by atoms with Crippen LogP contribution in [0.5, 0.6) is 0 Å². The number of nitrogens with one attached hydrogen (secondary N) is 1. The van der Waals surface area contributed by atoms with E-state index in [4.69, 9.17) is 17.3 Å². The Labute approximate surface area is 110 Å². The Hall–Kier alpha value is -1.65. The second-order valence-electron chi connectivity index (χ2n) is 3.86. The van der Waals surface area contributed by atoms with Crippen molar-refractivity contribution in [2.45, 2.75) is 13.1 Å². The van der Waals surface area contributed by atoms with Gasteiger partial charge in [-0.25, -0.2) is 9.37 Å². The summed E-state index contributed by atoms with van der Waals surface area (Å²) >= 11 is 5.63. The summed E-state index contributed by atoms with van der Waals surface area (Å²) in [5.41, 5.74) is 7.61. The minimum absolute atomic E-state index is 0.197. The highest BCUT2D eigenvalue weighted by Gasteiger charge is 2.04. The van der Waals surface area contributed by atoms with Gasteiger partial charge in [-0.3, -0.25) is 0 Å². The summed E-state index contributed by atoms with van der Waals surface area (Å²) in [4.78, 5) is 3.89. The van der Waals surface area contributed by atoms with Crippen LogP contribution in [0.3, 0.4) is 0 Å². The van der Waals surface area contributed by atoms with Crippen LogP contribution in [-0.4, -0.2) is 4.98 Å². The normalized spacial score (nSPS) is 10.4. The summed E-state index contributed by atoms with van der Waals surface area (Å²) in [6.45, 7) is 1.01. The Bertz CT molecular complexity index is 528. The number of rotatable bonds is 4. The number of hydrogen-bond donors (Lipinski definition) is 2. The van der Waals surface area contributed by atoms with Crippen molar-refractivity contribution in [1.29, 1.82) is 0 Å². The summed E-state index contributed by atoms with van der Waals surface area (Å²) in [5.74, 6) is -0.261. The van der Waals surface area contributed by atoms with Gasteiger partial charge in [-0.1, -0.05) is 35.9 Å². The van der Waals surface area contributed by atoms with Crippen molar-refractivity contribution < 1.29 is 4.39 Å². The summed E-state index contributed by atoms with van der Waals surface area (Å²) in [7, 11) is 0. The standard InChI is InChI=1S/C13H13ClFN3/c14-11-5-12(15)13(18-8-11)17-7-10-3-1-9(6-16)2-4-10/h1-5,8H,6-7,16H2,(H,17,18). The van der Waals surface area contributed by atoms with Crippen LogP contribution in [0.25, 0.3) is 0 Å². The molecule has 0 fully saturated rings. The molecule has 0 saturated heterocycles. The molecule has 3 N–H and O–H groups in total. The number of halogens is 2. The second kappa shape index (κ2) is 5.80. The van der Waals surface area contributed by atoms with Gasteiger partial charge in [-0.2, -0.15) is 0 Å². The van der Waals surface area contributed by atoms with Crippen LogP contribution in [0.15, 0.2) is 36.5 Å². The fourth-order valence-corrected chi connectivity index (χ4v) is 1.67. The van der Waals surface area contributed by atoms with Crippen molar-refractivity contribution in [3.63, 3.8) is 0 Å². The van der Waals surface area contributed by atoms with Gasteiger partial charge in [0.1, 0.15) is 0 Å². The van der Waals surface area contributed by atoms with E-state index in [0.29, 0.717) is 13.1 Å². The molecule has 0 aliphatic heterocycles. The lowest BCUT2D eigenvalue weighted by Crippen LogP contribution is -2.04. The molecule has 1 heterocycles. The van der Waals surface area contributed by atoms with Crippen molar-refractivity contribution in [3.8, 4) is 0 Å². The molecule has 2 rings (SSSR count). The van der Waals surface area contributed by atoms with E-state index in [-0.39, 0.29) is 10.8 Å². The molecule has 0 radical (unpaired) electrons. The van der Waals surface area contributed by atoms with Gasteiger partial charge in [0.2, 0.25) is 0 Å². The number of hydrogen-bond acceptors (Lipinski definition) is 3. The van der Waals surface area contributed by atoms with Gasteiger partial charge in [0.15, 0.2) is 11.6 Å². The molecular formula is C13H13ClFN3. The van der Waals surface area contributed by atoms with Gasteiger partial charge in [-0.15, -0.1) is 0 Å². The molecular weight excluding hydrogens is 253 g/mol. The average molecular weight is 266 g/mol. The summed E-state index contributed by atoms with van der Waals surface area (Å²) < 4.78 is 13.4. The molecule has 94 valence electrons. The van der Waals surface area contributed by atoms with E-state index in [1.54, 1.807) is 0 Å². The molecule has 0 amide bonds. The molecule has 2 aromatic rings. The van der Waals surface area contributed by atoms with Crippen molar-refractivity contribution in [1.82, 2.24) is 4.98 Å². The van der Waals surface area contributed by atoms with E-state index in [2.05, 4.69) is 10.3 Å². The van der Waals surface area contributed by atoms with E-state index < -0.39 is 5.82 Å². The first kappa shape index (κ1) is 12.8. The third-order valence-electron chi connectivity index (χ3n) is 2.53. The average Bonchev–Trinajstić information content (AvgIpc) is 2.38. The van der Waals surface area contributed by atoms with Gasteiger partial charge < -0.3 is 11.1 Å². The van der Waals surface area contributed by atoms with Crippen molar-refractivity contribution in [2.75, 3.05) is 5.32 Å². The predicted octanol–water partition coefficient (Wildman–Crippen LogP) is 2.94. The molecule has 0 aliphatic carbocycles. The van der Waals surface area contributed by atoms with Crippen molar-refractivity contribution in [2.24, 2.45) is 5.73 Å². The highest BCUT2D eigenvalue weighted by molar-refractivity contribution is 6.30. The molecule has 0 bridgehead atoms. The third kappa shape index (κ3) is 3.18. The molecule has 5 heteroatoms. The number of nitrogens with two attached hydrogens (primary N) is 1. The fourth-order valence-electron chi connectivity index (χ4n) is 1.52. The first-order valence-corrected chi connectivity index (χ1v) is 5.89. The zero-order chi connectivity index (χ0) is 13.0. The summed E-state index contributed by atoms with van der Waals surface area (Å²) in [5, 5.41) is 3.20. The zero-order valence-corrected chi connectivity index (χ0v) is 10.4. The number of benzene rings is 1. The molecule has 0 aliphatic rings. The quantitative estimate of drug-likeness (QED) is 0.894. The van der Waals surface area contributed by atoms with E-state index in [0.717, 1.165) is 11.1 Å². The number of pyridine rings is 1. The number of nitrogens with zero attached hydrogens (tertiary/aromatic N) is 1. The molecule has 0 unspecified atom stereocenters. The molecule has 0 saturated carbocycles. The summed E-state index contributed by atoms with van der Waals surface area (Å²) in [6, 6.07) is 9.02. The Morgan fingerprint density at radius 1 is 1.22 bits per heavy atom. The smallest absolute Gasteiger partial charge is 0.166 e. The Morgan fingerprint density at radius 2 is 1.89 bits per heavy atom. The Balaban J connectivity index is 2.02. The second-order valence-corrected chi connectivity index (χ2v) is 4.29. The van der Waals surface area contributed by atoms with Crippen molar-refractivity contribution >= 4 is 17.4 Å². The van der Waals surface area contributed by atoms with E-state index in [1.165, 1.54) is 12.3 Å². The Morgan fingerprint density at radius 3 is 2.50 bits per heavy atom. The maximum atomic E-state index is 13.4. The maximum absolute atomic E-state index is 13.4. The van der Waals surface area contributed by atoms with Gasteiger partial charge in [-0.05, 0) is 17.2 Å². The number of anilines is 1. The molecule has 3 nitrogen and oxygen atoms in total. The number of aromatic nitrogens is 1. The Kier molecular flexibility index (Phi) is 4.12. The minimum atomic E-state index is -0.457. The lowest BCUT2D eigenvalue weighted by Gasteiger charge is -2.07. The lowest BCUT2D eigenvalue weighted by molar-refractivity contribution is 0.624. The fraction of sp³-hybridized carbons (Fsp3) is 0.154. The van der Waals surface area contributed by atoms with E-state index >= 15 is 0 Å². The van der Waals surface area contributed by atoms with Gasteiger partial charge in [0.25, 0.3) is 0 Å². The molecule has 1 aromatic heterocycles. The van der Waals surface area contributed by atoms with Crippen LogP contribution in [0.4, 0.5) is 10.2 Å². The zero-order valence-electron chi connectivity index (χ0n) is 9.66. The van der Waals surface area contributed by atoms with Crippen LogP contribution in [0.1, 0.15) is 11.1 Å². The van der Waals surface area contributed by atoms with Gasteiger partial charge in [0, 0.05) is 19.3 Å². The predicted molar refractivity (Wildman–Crippen MR) is 70.9 cm³/mol. The summed E-state index contributed by atoms with van der Waals surface area (Å²) in [6.07, 6.45) is 1.41. The van der Waals surface area contributed by atoms with Crippen molar-refractivity contribution in [3.05, 3.63) is 58.5 Å². The lowest BCUT2D eigenvalue weighted by atomic mass is 10.1.